The molecule has 0 saturated carbocycles. The quantitative estimate of drug-likeness (QED) is 0.599. The molecule has 1 fully saturated rings. The molecule has 28 heavy (non-hydrogen) atoms. The van der Waals surface area contributed by atoms with Crippen LogP contribution in [0.1, 0.15) is 63.6 Å². The Bertz CT molecular complexity index is 767. The highest BCUT2D eigenvalue weighted by molar-refractivity contribution is 7.80. The second kappa shape index (κ2) is 9.42. The average Bonchev–Trinajstić information content (AvgIpc) is 2.68. The van der Waals surface area contributed by atoms with E-state index < -0.39 is 0 Å². The molecular formula is C24H33N3S. The van der Waals surface area contributed by atoms with Crippen LogP contribution in [0, 0.1) is 5.92 Å². The first-order valence-corrected chi connectivity index (χ1v) is 10.9. The fourth-order valence-electron chi connectivity index (χ4n) is 3.80. The van der Waals surface area contributed by atoms with Gasteiger partial charge in [0.15, 0.2) is 5.11 Å². The number of hydrogen-bond donors (Lipinski definition) is 2. The number of anilines is 2. The van der Waals surface area contributed by atoms with Crippen molar-refractivity contribution >= 4 is 28.7 Å². The van der Waals surface area contributed by atoms with Crippen LogP contribution in [0.4, 0.5) is 11.4 Å². The highest BCUT2D eigenvalue weighted by Gasteiger charge is 2.17. The molecule has 150 valence electrons. The van der Waals surface area contributed by atoms with Gasteiger partial charge < -0.3 is 15.5 Å². The fraction of sp³-hybridized carbons (Fsp3) is 0.458. The fourth-order valence-corrected chi connectivity index (χ4v) is 4.09. The molecule has 4 heteroatoms. The number of piperidine rings is 1. The minimum atomic E-state index is 0.157. The van der Waals surface area contributed by atoms with Crippen LogP contribution in [0.25, 0.3) is 0 Å². The van der Waals surface area contributed by atoms with Gasteiger partial charge in [-0.3, -0.25) is 0 Å². The van der Waals surface area contributed by atoms with E-state index in [-0.39, 0.29) is 6.04 Å². The van der Waals surface area contributed by atoms with E-state index in [1.165, 1.54) is 36.2 Å². The third-order valence-electron chi connectivity index (χ3n) is 5.60. The van der Waals surface area contributed by atoms with Gasteiger partial charge in [0.25, 0.3) is 0 Å². The average molecular weight is 396 g/mol. The van der Waals surface area contributed by atoms with Crippen molar-refractivity contribution in [3.63, 3.8) is 0 Å². The minimum absolute atomic E-state index is 0.157. The van der Waals surface area contributed by atoms with Gasteiger partial charge in [0.2, 0.25) is 0 Å². The van der Waals surface area contributed by atoms with Crippen LogP contribution in [0.3, 0.4) is 0 Å². The molecule has 1 aliphatic rings. The first kappa shape index (κ1) is 20.7. The molecule has 0 aliphatic carbocycles. The van der Waals surface area contributed by atoms with E-state index in [4.69, 9.17) is 12.2 Å². The minimum Gasteiger partial charge on any atom is -0.371 e. The standard InChI is InChI=1S/C24H33N3S/c1-17(2)20-7-11-22(12-8-20)26-24(28)25-19(4)21-9-13-23(14-10-21)27-15-5-6-18(3)16-27/h7-14,17-19H,5-6,15-16H2,1-4H3,(H2,25,26,28)/t18-,19+/m0/s1. The van der Waals surface area contributed by atoms with Crippen molar-refractivity contribution in [3.8, 4) is 0 Å². The van der Waals surface area contributed by atoms with Crippen molar-refractivity contribution in [3.05, 3.63) is 59.7 Å². The van der Waals surface area contributed by atoms with E-state index in [1.807, 2.05) is 0 Å². The lowest BCUT2D eigenvalue weighted by molar-refractivity contribution is 0.447. The predicted molar refractivity (Wildman–Crippen MR) is 125 cm³/mol. The molecule has 1 heterocycles. The van der Waals surface area contributed by atoms with E-state index in [9.17, 15) is 0 Å². The van der Waals surface area contributed by atoms with Gasteiger partial charge in [0.1, 0.15) is 0 Å². The zero-order valence-electron chi connectivity index (χ0n) is 17.5. The van der Waals surface area contributed by atoms with Gasteiger partial charge in [0.05, 0.1) is 6.04 Å². The zero-order valence-corrected chi connectivity index (χ0v) is 18.4. The Morgan fingerprint density at radius 1 is 1.00 bits per heavy atom. The molecule has 2 aromatic carbocycles. The second-order valence-corrected chi connectivity index (χ2v) is 8.79. The summed E-state index contributed by atoms with van der Waals surface area (Å²) in [4.78, 5) is 2.50. The van der Waals surface area contributed by atoms with E-state index in [2.05, 4.69) is 91.8 Å². The van der Waals surface area contributed by atoms with Crippen LogP contribution in [-0.4, -0.2) is 18.2 Å². The molecule has 0 spiro atoms. The van der Waals surface area contributed by atoms with Gasteiger partial charge in [-0.25, -0.2) is 0 Å². The van der Waals surface area contributed by atoms with Gasteiger partial charge >= 0.3 is 0 Å². The van der Waals surface area contributed by atoms with Gasteiger partial charge in [-0.1, -0.05) is 45.0 Å². The third kappa shape index (κ3) is 5.48. The second-order valence-electron chi connectivity index (χ2n) is 8.38. The maximum absolute atomic E-state index is 5.51. The molecule has 2 atom stereocenters. The summed E-state index contributed by atoms with van der Waals surface area (Å²) in [6.07, 6.45) is 2.64. The molecule has 1 saturated heterocycles. The maximum Gasteiger partial charge on any atom is 0.171 e. The molecule has 2 N–H and O–H groups in total. The summed E-state index contributed by atoms with van der Waals surface area (Å²) in [5.74, 6) is 1.32. The van der Waals surface area contributed by atoms with E-state index >= 15 is 0 Å². The summed E-state index contributed by atoms with van der Waals surface area (Å²) in [5.41, 5.74) is 4.92. The number of benzene rings is 2. The highest BCUT2D eigenvalue weighted by atomic mass is 32.1. The van der Waals surface area contributed by atoms with Crippen molar-refractivity contribution in [2.24, 2.45) is 5.92 Å². The van der Waals surface area contributed by atoms with Crippen molar-refractivity contribution < 1.29 is 0 Å². The highest BCUT2D eigenvalue weighted by Crippen LogP contribution is 2.25. The first-order chi connectivity index (χ1) is 13.4. The van der Waals surface area contributed by atoms with Crippen molar-refractivity contribution in [1.29, 1.82) is 0 Å². The van der Waals surface area contributed by atoms with Crippen LogP contribution in [0.2, 0.25) is 0 Å². The molecular weight excluding hydrogens is 362 g/mol. The van der Waals surface area contributed by atoms with Gasteiger partial charge in [-0.2, -0.15) is 0 Å². The first-order valence-electron chi connectivity index (χ1n) is 10.4. The van der Waals surface area contributed by atoms with Crippen molar-refractivity contribution in [1.82, 2.24) is 5.32 Å². The largest absolute Gasteiger partial charge is 0.371 e. The Labute approximate surface area is 175 Å². The topological polar surface area (TPSA) is 27.3 Å². The van der Waals surface area contributed by atoms with Crippen molar-refractivity contribution in [2.45, 2.75) is 52.5 Å². The summed E-state index contributed by atoms with van der Waals surface area (Å²) in [5, 5.41) is 7.34. The third-order valence-corrected chi connectivity index (χ3v) is 5.82. The Balaban J connectivity index is 1.54. The molecule has 0 aromatic heterocycles. The van der Waals surface area contributed by atoms with E-state index in [1.54, 1.807) is 0 Å². The lowest BCUT2D eigenvalue weighted by Gasteiger charge is -2.33. The van der Waals surface area contributed by atoms with Gasteiger partial charge in [-0.15, -0.1) is 0 Å². The molecule has 0 amide bonds. The predicted octanol–water partition coefficient (Wildman–Crippen LogP) is 6.09. The zero-order chi connectivity index (χ0) is 20.1. The Morgan fingerprint density at radius 2 is 1.64 bits per heavy atom. The molecule has 2 aromatic rings. The van der Waals surface area contributed by atoms with Crippen molar-refractivity contribution in [2.75, 3.05) is 23.3 Å². The van der Waals surface area contributed by atoms with Crippen LogP contribution >= 0.6 is 12.2 Å². The number of nitrogens with zero attached hydrogens (tertiary/aromatic N) is 1. The van der Waals surface area contributed by atoms with Crippen LogP contribution in [0.15, 0.2) is 48.5 Å². The monoisotopic (exact) mass is 395 g/mol. The summed E-state index contributed by atoms with van der Waals surface area (Å²) < 4.78 is 0. The summed E-state index contributed by atoms with van der Waals surface area (Å²) >= 11 is 5.51. The normalized spacial score (nSPS) is 18.0. The molecule has 3 nitrogen and oxygen atoms in total. The Kier molecular flexibility index (Phi) is 6.95. The Hall–Kier alpha value is -2.07. The SMILES string of the molecule is CC(C)c1ccc(NC(=S)N[C@H](C)c2ccc(N3CCC[C@H](C)C3)cc2)cc1. The molecule has 0 bridgehead atoms. The lowest BCUT2D eigenvalue weighted by atomic mass is 9.99. The lowest BCUT2D eigenvalue weighted by Crippen LogP contribution is -2.34. The van der Waals surface area contributed by atoms with Gasteiger partial charge in [-0.05, 0) is 79.2 Å². The number of rotatable bonds is 5. The number of thiocarbonyl (C=S) groups is 1. The van der Waals surface area contributed by atoms with Crippen LogP contribution < -0.4 is 15.5 Å². The summed E-state index contributed by atoms with van der Waals surface area (Å²) in [7, 11) is 0. The maximum atomic E-state index is 5.51. The summed E-state index contributed by atoms with van der Waals surface area (Å²) in [6, 6.07) is 17.5. The molecule has 1 aliphatic heterocycles. The Morgan fingerprint density at radius 3 is 2.25 bits per heavy atom. The molecule has 0 radical (unpaired) electrons. The van der Waals surface area contributed by atoms with Crippen LogP contribution in [-0.2, 0) is 0 Å². The number of nitrogens with one attached hydrogen (secondary N) is 2. The smallest absolute Gasteiger partial charge is 0.171 e. The number of hydrogen-bond acceptors (Lipinski definition) is 2. The van der Waals surface area contributed by atoms with E-state index in [0.29, 0.717) is 11.0 Å². The molecule has 3 rings (SSSR count). The summed E-state index contributed by atoms with van der Waals surface area (Å²) in [6.45, 7) is 11.2. The van der Waals surface area contributed by atoms with Crippen LogP contribution in [0.5, 0.6) is 0 Å². The van der Waals surface area contributed by atoms with E-state index in [0.717, 1.165) is 18.2 Å². The molecule has 0 unspecified atom stereocenters. The van der Waals surface area contributed by atoms with Gasteiger partial charge in [0, 0.05) is 24.5 Å².